The van der Waals surface area contributed by atoms with Gasteiger partial charge in [-0.1, -0.05) is 57.5 Å². The molecule has 0 fully saturated rings. The quantitative estimate of drug-likeness (QED) is 0.168. The van der Waals surface area contributed by atoms with Crippen LogP contribution < -0.4 is 4.74 Å². The number of para-hydroxylation sites is 1. The van der Waals surface area contributed by atoms with Gasteiger partial charge >= 0.3 is 0 Å². The molecular formula is C43H49N5O. The van der Waals surface area contributed by atoms with Gasteiger partial charge in [0.2, 0.25) is 0 Å². The molecule has 1 aliphatic carbocycles. The highest BCUT2D eigenvalue weighted by Crippen LogP contribution is 2.43. The molecule has 0 N–H and O–H groups in total. The van der Waals surface area contributed by atoms with E-state index in [1.54, 1.807) is 0 Å². The average Bonchev–Trinajstić information content (AvgIpc) is 3.53. The number of pyridine rings is 1. The maximum absolute atomic E-state index is 6.77. The van der Waals surface area contributed by atoms with Crippen molar-refractivity contribution in [3.8, 4) is 23.0 Å². The van der Waals surface area contributed by atoms with E-state index in [1.807, 2.05) is 12.3 Å². The van der Waals surface area contributed by atoms with Crippen molar-refractivity contribution in [3.63, 3.8) is 0 Å². The lowest BCUT2D eigenvalue weighted by molar-refractivity contribution is 0.266. The van der Waals surface area contributed by atoms with Crippen LogP contribution in [0.2, 0.25) is 0 Å². The van der Waals surface area contributed by atoms with Crippen LogP contribution >= 0.6 is 0 Å². The smallest absolute Gasteiger partial charge is 0.137 e. The predicted octanol–water partition coefficient (Wildman–Crippen LogP) is 10.4. The van der Waals surface area contributed by atoms with Crippen molar-refractivity contribution in [2.24, 2.45) is 5.92 Å². The van der Waals surface area contributed by atoms with E-state index in [0.29, 0.717) is 17.9 Å². The molecule has 1 unspecified atom stereocenters. The summed E-state index contributed by atoms with van der Waals surface area (Å²) in [6.45, 7) is 17.9. The highest BCUT2D eigenvalue weighted by molar-refractivity contribution is 6.09. The van der Waals surface area contributed by atoms with Gasteiger partial charge in [0, 0.05) is 52.3 Å². The number of ether oxygens (including phenoxy) is 1. The van der Waals surface area contributed by atoms with Crippen LogP contribution in [-0.2, 0) is 5.41 Å². The lowest BCUT2D eigenvalue weighted by atomic mass is 9.73. The number of allylic oxidation sites excluding steroid dienone is 1. The van der Waals surface area contributed by atoms with E-state index in [-0.39, 0.29) is 5.41 Å². The number of fused-ring (bicyclic) bond motifs is 3. The summed E-state index contributed by atoms with van der Waals surface area (Å²) in [5, 5.41) is 7.54. The fraction of sp³-hybridized carbons (Fsp3) is 0.349. The van der Waals surface area contributed by atoms with Crippen LogP contribution in [0.25, 0.3) is 33.3 Å². The first kappa shape index (κ1) is 32.8. The molecule has 0 saturated heterocycles. The summed E-state index contributed by atoms with van der Waals surface area (Å²) in [7, 11) is 4.36. The van der Waals surface area contributed by atoms with Gasteiger partial charge in [-0.15, -0.1) is 0 Å². The summed E-state index contributed by atoms with van der Waals surface area (Å²) in [6, 6.07) is 26.1. The van der Waals surface area contributed by atoms with Gasteiger partial charge < -0.3 is 9.64 Å². The number of benzene rings is 3. The monoisotopic (exact) mass is 651 g/mol. The van der Waals surface area contributed by atoms with E-state index in [2.05, 4.69) is 156 Å². The Morgan fingerprint density at radius 2 is 1.59 bits per heavy atom. The Kier molecular flexibility index (Phi) is 8.27. The minimum Gasteiger partial charge on any atom is -0.457 e. The Balaban J connectivity index is 1.32. The van der Waals surface area contributed by atoms with Crippen LogP contribution in [0.15, 0.2) is 90.6 Å². The molecule has 252 valence electrons. The highest BCUT2D eigenvalue weighted by Gasteiger charge is 2.33. The Morgan fingerprint density at radius 3 is 2.31 bits per heavy atom. The van der Waals surface area contributed by atoms with Crippen LogP contribution in [0.3, 0.4) is 0 Å². The molecule has 3 heterocycles. The molecule has 0 bridgehead atoms. The fourth-order valence-electron chi connectivity index (χ4n) is 7.91. The minimum atomic E-state index is -0.0847. The third-order valence-electron chi connectivity index (χ3n) is 10.5. The Labute approximate surface area is 291 Å². The molecule has 6 nitrogen and oxygen atoms in total. The van der Waals surface area contributed by atoms with Crippen LogP contribution in [0.5, 0.6) is 11.5 Å². The summed E-state index contributed by atoms with van der Waals surface area (Å²) in [6.07, 6.45) is 5.47. The summed E-state index contributed by atoms with van der Waals surface area (Å²) in [5.41, 5.74) is 10.6. The van der Waals surface area contributed by atoms with Gasteiger partial charge in [-0.25, -0.2) is 9.67 Å². The standard InChI is InChI=1S/C43H49N5O/c1-26-17-18-44-40(19-26)47-38-14-12-11-13-36(38)37-16-15-34(25-39(37)47)49-35-23-31(43(6,7)8)22-33(24-35)48-30(5)42(29(4)45-48)41-27(2)20-32(46(9)10)21-28(41)3/h11-20,22-25,28,32,41H,21H2,1-10H3/t28-,32-,41?/m0/s1. The maximum atomic E-state index is 6.77. The zero-order valence-electron chi connectivity index (χ0n) is 30.7. The van der Waals surface area contributed by atoms with Crippen molar-refractivity contribution in [2.45, 2.75) is 79.2 Å². The topological polar surface area (TPSA) is 48.1 Å². The Bertz CT molecular complexity index is 2230. The van der Waals surface area contributed by atoms with Crippen molar-refractivity contribution >= 4 is 21.8 Å². The normalized spacial score (nSPS) is 18.4. The molecule has 3 aromatic heterocycles. The first-order valence-corrected chi connectivity index (χ1v) is 17.5. The molecule has 0 spiro atoms. The second kappa shape index (κ2) is 12.3. The Morgan fingerprint density at radius 1 is 0.837 bits per heavy atom. The summed E-state index contributed by atoms with van der Waals surface area (Å²) in [4.78, 5) is 7.09. The largest absolute Gasteiger partial charge is 0.457 e. The zero-order chi connectivity index (χ0) is 34.8. The van der Waals surface area contributed by atoms with Gasteiger partial charge in [-0.3, -0.25) is 4.57 Å². The Hall–Kier alpha value is -4.68. The molecule has 3 atom stereocenters. The predicted molar refractivity (Wildman–Crippen MR) is 203 cm³/mol. The summed E-state index contributed by atoms with van der Waals surface area (Å²) >= 11 is 0. The molecule has 0 aliphatic heterocycles. The second-order valence-corrected chi connectivity index (χ2v) is 15.4. The van der Waals surface area contributed by atoms with Gasteiger partial charge in [0.15, 0.2) is 0 Å². The third kappa shape index (κ3) is 5.97. The first-order valence-electron chi connectivity index (χ1n) is 17.5. The van der Waals surface area contributed by atoms with Crippen molar-refractivity contribution in [3.05, 3.63) is 119 Å². The second-order valence-electron chi connectivity index (χ2n) is 15.4. The molecule has 6 aromatic rings. The van der Waals surface area contributed by atoms with E-state index in [4.69, 9.17) is 14.8 Å². The molecule has 7 rings (SSSR count). The molecule has 3 aromatic carbocycles. The number of hydrogen-bond acceptors (Lipinski definition) is 4. The molecule has 0 amide bonds. The van der Waals surface area contributed by atoms with Gasteiger partial charge in [-0.2, -0.15) is 5.10 Å². The summed E-state index contributed by atoms with van der Waals surface area (Å²) < 4.78 is 11.1. The van der Waals surface area contributed by atoms with Crippen molar-refractivity contribution in [1.29, 1.82) is 0 Å². The van der Waals surface area contributed by atoms with Crippen LogP contribution in [-0.4, -0.2) is 44.4 Å². The van der Waals surface area contributed by atoms with E-state index in [9.17, 15) is 0 Å². The van der Waals surface area contributed by atoms with E-state index < -0.39 is 0 Å². The van der Waals surface area contributed by atoms with Crippen LogP contribution in [0.1, 0.15) is 75.0 Å². The van der Waals surface area contributed by atoms with Gasteiger partial charge in [0.1, 0.15) is 17.3 Å². The zero-order valence-corrected chi connectivity index (χ0v) is 30.7. The lowest BCUT2D eigenvalue weighted by Gasteiger charge is -2.36. The molecule has 1 aliphatic rings. The average molecular weight is 652 g/mol. The van der Waals surface area contributed by atoms with Crippen molar-refractivity contribution in [2.75, 3.05) is 14.1 Å². The molecule has 49 heavy (non-hydrogen) atoms. The van der Waals surface area contributed by atoms with E-state index >= 15 is 0 Å². The maximum Gasteiger partial charge on any atom is 0.137 e. The number of aromatic nitrogens is 4. The number of hydrogen-bond donors (Lipinski definition) is 0. The molecule has 6 heteroatoms. The molecule has 0 saturated carbocycles. The van der Waals surface area contributed by atoms with E-state index in [1.165, 1.54) is 38.7 Å². The lowest BCUT2D eigenvalue weighted by Crippen LogP contribution is -2.33. The van der Waals surface area contributed by atoms with Crippen molar-refractivity contribution < 1.29 is 4.74 Å². The number of rotatable bonds is 6. The number of aryl methyl sites for hydroxylation is 2. The van der Waals surface area contributed by atoms with Gasteiger partial charge in [0.25, 0.3) is 0 Å². The first-order chi connectivity index (χ1) is 23.3. The molecule has 0 radical (unpaired) electrons. The van der Waals surface area contributed by atoms with Gasteiger partial charge in [0.05, 0.1) is 22.4 Å². The highest BCUT2D eigenvalue weighted by atomic mass is 16.5. The van der Waals surface area contributed by atoms with E-state index in [0.717, 1.165) is 46.2 Å². The van der Waals surface area contributed by atoms with Gasteiger partial charge in [-0.05, 0) is 113 Å². The summed E-state index contributed by atoms with van der Waals surface area (Å²) in [5.74, 6) is 3.35. The third-order valence-corrected chi connectivity index (χ3v) is 10.5. The SMILES string of the molecule is CC1=C[C@H](N(C)C)C[C@H](C)C1c1c(C)nn(-c2cc(Oc3ccc4c5ccccc5n(-c5cc(C)ccn5)c4c3)cc(C(C)(C)C)c2)c1C. The van der Waals surface area contributed by atoms with Crippen LogP contribution in [0, 0.1) is 26.7 Å². The van der Waals surface area contributed by atoms with Crippen LogP contribution in [0.4, 0.5) is 0 Å². The minimum absolute atomic E-state index is 0.0847. The number of nitrogens with zero attached hydrogens (tertiary/aromatic N) is 5. The van der Waals surface area contributed by atoms with Crippen molar-refractivity contribution in [1.82, 2.24) is 24.2 Å². The fourth-order valence-corrected chi connectivity index (χ4v) is 7.91. The molecular weight excluding hydrogens is 603 g/mol. The number of likely N-dealkylation sites (N-methyl/N-ethyl adjacent to an activating group) is 1.